The quantitative estimate of drug-likeness (QED) is 0.536. The lowest BCUT2D eigenvalue weighted by Crippen LogP contribution is -1.92. The van der Waals surface area contributed by atoms with E-state index in [0.717, 1.165) is 0 Å². The number of carbonyl (C=O) groups excluding carboxylic acids is 1. The summed E-state index contributed by atoms with van der Waals surface area (Å²) in [6.45, 7) is 3.11. The Labute approximate surface area is 58.4 Å². The first-order valence-electron chi connectivity index (χ1n) is 2.75. The lowest BCUT2D eigenvalue weighted by Gasteiger charge is -1.89. The molecule has 0 bridgehead atoms. The molecule has 1 aromatic rings. The Morgan fingerprint density at radius 1 is 1.70 bits per heavy atom. The zero-order chi connectivity index (χ0) is 7.40. The number of rotatable bonds is 1. The first-order chi connectivity index (χ1) is 4.84. The third kappa shape index (κ3) is 1.25. The van der Waals surface area contributed by atoms with Crippen LogP contribution in [0.2, 0.25) is 0 Å². The molecule has 0 aromatic carbocycles. The molecule has 0 radical (unpaired) electrons. The molecule has 0 saturated carbocycles. The van der Waals surface area contributed by atoms with Gasteiger partial charge in [-0.15, -0.1) is 0 Å². The van der Waals surface area contributed by atoms with Crippen LogP contribution in [0.25, 0.3) is 0 Å². The summed E-state index contributed by atoms with van der Waals surface area (Å²) in [5, 5.41) is 0. The number of carbonyl (C=O) groups is 1. The fourth-order valence-corrected chi connectivity index (χ4v) is 0.581. The van der Waals surface area contributed by atoms with Gasteiger partial charge in [-0.2, -0.15) is 0 Å². The molecule has 1 aromatic heterocycles. The summed E-state index contributed by atoms with van der Waals surface area (Å²) in [6.07, 6.45) is 3.05. The summed E-state index contributed by atoms with van der Waals surface area (Å²) in [5.41, 5.74) is 0.470. The second kappa shape index (κ2) is 2.87. The average Bonchev–Trinajstić information content (AvgIpc) is 2.05. The number of aromatic nitrogens is 1. The lowest BCUT2D eigenvalue weighted by molar-refractivity contribution is 0.100. The maximum atomic E-state index is 10.7. The van der Waals surface area contributed by atoms with E-state index in [1.165, 1.54) is 6.20 Å². The molecule has 50 valence electrons. The minimum Gasteiger partial charge on any atom is -0.267 e. The van der Waals surface area contributed by atoms with Gasteiger partial charge in [0.15, 0.2) is 0 Å². The highest BCUT2D eigenvalue weighted by atomic mass is 16.1. The smallest absolute Gasteiger partial charge is 0.267 e. The highest BCUT2D eigenvalue weighted by Crippen LogP contribution is 1.96. The molecule has 10 heavy (non-hydrogen) atoms. The van der Waals surface area contributed by atoms with Crippen molar-refractivity contribution in [3.63, 3.8) is 0 Å². The van der Waals surface area contributed by atoms with Crippen LogP contribution in [0.15, 0.2) is 29.5 Å². The molecule has 0 unspecified atom stereocenters. The van der Waals surface area contributed by atoms with Crippen molar-refractivity contribution in [2.75, 3.05) is 0 Å². The Bertz CT molecular complexity index is 243. The summed E-state index contributed by atoms with van der Waals surface area (Å²) in [4.78, 5) is 17.7. The van der Waals surface area contributed by atoms with Crippen LogP contribution in [-0.2, 0) is 0 Å². The molecule has 3 heteroatoms. The van der Waals surface area contributed by atoms with Crippen LogP contribution in [-0.4, -0.2) is 17.6 Å². The molecule has 1 amide bonds. The summed E-state index contributed by atoms with van der Waals surface area (Å²) < 4.78 is 0. The molecule has 0 fully saturated rings. The maximum Gasteiger partial charge on any atom is 0.277 e. The molecule has 0 aliphatic carbocycles. The molecular weight excluding hydrogens is 128 g/mol. The standard InChI is InChI=1S/C7H6N2O/c1-8-7(10)6-3-2-4-9-5-6/h2-5H,1H2. The van der Waals surface area contributed by atoms with Crippen LogP contribution < -0.4 is 0 Å². The predicted molar refractivity (Wildman–Crippen MR) is 38.1 cm³/mol. The number of nitrogens with zero attached hydrogens (tertiary/aromatic N) is 2. The van der Waals surface area contributed by atoms with Gasteiger partial charge in [0.25, 0.3) is 5.91 Å². The van der Waals surface area contributed by atoms with Gasteiger partial charge >= 0.3 is 0 Å². The van der Waals surface area contributed by atoms with Gasteiger partial charge in [-0.1, -0.05) is 0 Å². The number of pyridine rings is 1. The molecule has 0 N–H and O–H groups in total. The Morgan fingerprint density at radius 2 is 2.50 bits per heavy atom. The first-order valence-corrected chi connectivity index (χ1v) is 2.75. The molecule has 1 heterocycles. The van der Waals surface area contributed by atoms with E-state index in [0.29, 0.717) is 5.56 Å². The van der Waals surface area contributed by atoms with Gasteiger partial charge in [-0.05, 0) is 18.9 Å². The van der Waals surface area contributed by atoms with Crippen molar-refractivity contribution in [1.29, 1.82) is 0 Å². The summed E-state index contributed by atoms with van der Waals surface area (Å²) in [6, 6.07) is 3.32. The van der Waals surface area contributed by atoms with Crippen molar-refractivity contribution < 1.29 is 4.79 Å². The molecule has 0 spiro atoms. The zero-order valence-corrected chi connectivity index (χ0v) is 5.32. The monoisotopic (exact) mass is 134 g/mol. The van der Waals surface area contributed by atoms with E-state index in [2.05, 4.69) is 16.7 Å². The van der Waals surface area contributed by atoms with E-state index in [1.807, 2.05) is 0 Å². The predicted octanol–water partition coefficient (Wildman–Crippen LogP) is 0.922. The third-order valence-corrected chi connectivity index (χ3v) is 1.05. The minimum absolute atomic E-state index is 0.340. The Morgan fingerprint density at radius 3 is 3.00 bits per heavy atom. The van der Waals surface area contributed by atoms with Crippen molar-refractivity contribution in [1.82, 2.24) is 4.98 Å². The molecule has 0 atom stereocenters. The Balaban J connectivity index is 2.95. The number of amides is 1. The fraction of sp³-hybridized carbons (Fsp3) is 0. The van der Waals surface area contributed by atoms with Crippen LogP contribution >= 0.6 is 0 Å². The first kappa shape index (κ1) is 6.61. The fourth-order valence-electron chi connectivity index (χ4n) is 0.581. The summed E-state index contributed by atoms with van der Waals surface area (Å²) in [7, 11) is 0. The van der Waals surface area contributed by atoms with Gasteiger partial charge in [0, 0.05) is 12.4 Å². The minimum atomic E-state index is -0.340. The van der Waals surface area contributed by atoms with Crippen LogP contribution in [0.1, 0.15) is 10.4 Å². The van der Waals surface area contributed by atoms with Crippen molar-refractivity contribution in [2.45, 2.75) is 0 Å². The van der Waals surface area contributed by atoms with Crippen LogP contribution in [0.4, 0.5) is 0 Å². The molecule has 3 nitrogen and oxygen atoms in total. The van der Waals surface area contributed by atoms with Crippen molar-refractivity contribution in [2.24, 2.45) is 4.99 Å². The van der Waals surface area contributed by atoms with Crippen LogP contribution in [0.3, 0.4) is 0 Å². The highest BCUT2D eigenvalue weighted by Gasteiger charge is 1.98. The SMILES string of the molecule is C=NC(=O)c1cccnc1. The van der Waals surface area contributed by atoms with Gasteiger partial charge in [0.05, 0.1) is 5.56 Å². The van der Waals surface area contributed by atoms with Crippen LogP contribution in [0.5, 0.6) is 0 Å². The summed E-state index contributed by atoms with van der Waals surface area (Å²) in [5.74, 6) is -0.340. The van der Waals surface area contributed by atoms with E-state index in [1.54, 1.807) is 18.3 Å². The number of hydrogen-bond donors (Lipinski definition) is 0. The number of aliphatic imine (C=N–C) groups is 1. The van der Waals surface area contributed by atoms with E-state index in [9.17, 15) is 4.79 Å². The van der Waals surface area contributed by atoms with E-state index < -0.39 is 0 Å². The molecule has 1 rings (SSSR count). The normalized spacial score (nSPS) is 8.80. The largest absolute Gasteiger partial charge is 0.277 e. The average molecular weight is 134 g/mol. The van der Waals surface area contributed by atoms with Crippen molar-refractivity contribution in [3.05, 3.63) is 30.1 Å². The van der Waals surface area contributed by atoms with Gasteiger partial charge < -0.3 is 0 Å². The second-order valence-corrected chi connectivity index (χ2v) is 1.70. The van der Waals surface area contributed by atoms with E-state index in [4.69, 9.17) is 0 Å². The highest BCUT2D eigenvalue weighted by molar-refractivity contribution is 5.96. The van der Waals surface area contributed by atoms with Crippen molar-refractivity contribution >= 4 is 12.6 Å². The van der Waals surface area contributed by atoms with Gasteiger partial charge in [-0.3, -0.25) is 9.78 Å². The Kier molecular flexibility index (Phi) is 1.89. The van der Waals surface area contributed by atoms with Crippen LogP contribution in [0, 0.1) is 0 Å². The van der Waals surface area contributed by atoms with E-state index in [-0.39, 0.29) is 5.91 Å². The number of hydrogen-bond acceptors (Lipinski definition) is 2. The van der Waals surface area contributed by atoms with E-state index >= 15 is 0 Å². The molecular formula is C7H6N2O. The van der Waals surface area contributed by atoms with Gasteiger partial charge in [0.2, 0.25) is 0 Å². The van der Waals surface area contributed by atoms with Gasteiger partial charge in [0.1, 0.15) is 0 Å². The zero-order valence-electron chi connectivity index (χ0n) is 5.32. The summed E-state index contributed by atoms with van der Waals surface area (Å²) >= 11 is 0. The maximum absolute atomic E-state index is 10.7. The molecule has 0 saturated heterocycles. The van der Waals surface area contributed by atoms with Gasteiger partial charge in [-0.25, -0.2) is 4.99 Å². The van der Waals surface area contributed by atoms with Crippen molar-refractivity contribution in [3.8, 4) is 0 Å². The third-order valence-electron chi connectivity index (χ3n) is 1.05. The molecule has 0 aliphatic heterocycles. The second-order valence-electron chi connectivity index (χ2n) is 1.70. The Hall–Kier alpha value is -1.51. The topological polar surface area (TPSA) is 42.3 Å². The molecule has 0 aliphatic rings. The lowest BCUT2D eigenvalue weighted by atomic mass is 10.3.